The van der Waals surface area contributed by atoms with E-state index < -0.39 is 0 Å². The third-order valence-corrected chi connectivity index (χ3v) is 3.57. The largest absolute Gasteiger partial charge is 1.00 e. The average molecular weight is 291 g/mol. The third-order valence-electron chi connectivity index (χ3n) is 1.13. The molecule has 62 valence electrons. The van der Waals surface area contributed by atoms with Gasteiger partial charge in [0.05, 0.1) is 0 Å². The van der Waals surface area contributed by atoms with E-state index in [-0.39, 0.29) is 46.0 Å². The van der Waals surface area contributed by atoms with Gasteiger partial charge in [-0.05, 0) is 0 Å². The third kappa shape index (κ3) is 16.2. The van der Waals surface area contributed by atoms with Crippen LogP contribution in [-0.2, 0) is 0 Å². The second kappa shape index (κ2) is 16.7. The van der Waals surface area contributed by atoms with E-state index in [2.05, 4.69) is 4.94 Å². The maximum absolute atomic E-state index is 5.32. The first kappa shape index (κ1) is 17.4. The molecule has 0 saturated carbocycles. The van der Waals surface area contributed by atoms with Gasteiger partial charge >= 0.3 is 62.1 Å². The van der Waals surface area contributed by atoms with Crippen molar-refractivity contribution in [3.8, 4) is 0 Å². The molecule has 0 aliphatic rings. The predicted molar refractivity (Wildman–Crippen MR) is 39.3 cm³/mol. The molecule has 0 spiro atoms. The van der Waals surface area contributed by atoms with Gasteiger partial charge in [0.1, 0.15) is 0 Å². The molecule has 0 fully saturated rings. The van der Waals surface area contributed by atoms with Crippen LogP contribution in [-0.4, -0.2) is 27.7 Å². The Bertz CT molecular complexity index is 40.7. The molecule has 4 heteroatoms. The zero-order valence-corrected chi connectivity index (χ0v) is 10.7. The van der Waals surface area contributed by atoms with Crippen molar-refractivity contribution in [3.05, 3.63) is 0 Å². The molecule has 0 radical (unpaired) electrons. The molecular formula is C6H15Cl2NSn. The van der Waals surface area contributed by atoms with Gasteiger partial charge in [-0.3, -0.25) is 0 Å². The molecule has 0 amide bonds. The minimum atomic E-state index is 0. The fourth-order valence-electron chi connectivity index (χ4n) is 0.623. The molecule has 0 atom stereocenters. The fourth-order valence-corrected chi connectivity index (χ4v) is 2.35. The second-order valence-electron chi connectivity index (χ2n) is 1.95. The summed E-state index contributed by atoms with van der Waals surface area (Å²) in [4.78, 5) is 2.39. The summed E-state index contributed by atoms with van der Waals surface area (Å²) in [5, 5.41) is 0. The molecule has 0 aromatic carbocycles. The van der Waals surface area contributed by atoms with Crippen LogP contribution in [0.3, 0.4) is 0 Å². The fraction of sp³-hybridized carbons (Fsp3) is 1.00. The van der Waals surface area contributed by atoms with Crippen LogP contribution in [0.25, 0.3) is 0 Å². The van der Waals surface area contributed by atoms with Crippen molar-refractivity contribution in [1.82, 2.24) is 0 Å². The standard InChI is InChI=1S/C5H12N.CH3.2ClH.Sn/c1-2-3-4-5-6;;;;/h1-6H2;1H3;2*1H;/q;;;;+2/p-2. The number of halogens is 2. The summed E-state index contributed by atoms with van der Waals surface area (Å²) < 4.78 is 1.54. The Kier molecular flexibility index (Phi) is 29.2. The van der Waals surface area contributed by atoms with Crippen LogP contribution in [0.1, 0.15) is 19.3 Å². The van der Waals surface area contributed by atoms with E-state index in [0.29, 0.717) is 0 Å². The molecule has 1 nitrogen and oxygen atoms in total. The molecule has 0 saturated heterocycles. The summed E-state index contributed by atoms with van der Waals surface area (Å²) in [6.07, 6.45) is 4.05. The van der Waals surface area contributed by atoms with E-state index in [1.165, 1.54) is 19.3 Å². The topological polar surface area (TPSA) is 26.0 Å². The van der Waals surface area contributed by atoms with Gasteiger partial charge in [-0.1, -0.05) is 0 Å². The normalized spacial score (nSPS) is 7.00. The van der Waals surface area contributed by atoms with Gasteiger partial charge < -0.3 is 24.8 Å². The van der Waals surface area contributed by atoms with Crippen LogP contribution in [0.5, 0.6) is 0 Å². The SMILES string of the molecule is [CH3][Sn+2][CH2]CCCCN.[Cl-].[Cl-]. The first-order chi connectivity index (χ1) is 3.91. The Morgan fingerprint density at radius 1 is 1.10 bits per heavy atom. The van der Waals surface area contributed by atoms with E-state index in [1.807, 2.05) is 0 Å². The van der Waals surface area contributed by atoms with Crippen molar-refractivity contribution in [2.24, 2.45) is 5.73 Å². The number of unbranched alkanes of at least 4 members (excludes halogenated alkanes) is 2. The minimum Gasteiger partial charge on any atom is -1.00 e. The molecule has 0 aliphatic carbocycles. The van der Waals surface area contributed by atoms with E-state index >= 15 is 0 Å². The summed E-state index contributed by atoms with van der Waals surface area (Å²) in [5.74, 6) is 0. The Labute approximate surface area is 86.6 Å². The number of hydrogen-bond donors (Lipinski definition) is 1. The molecule has 10 heavy (non-hydrogen) atoms. The Hall–Kier alpha value is 1.34. The van der Waals surface area contributed by atoms with Crippen LogP contribution in [0.2, 0.25) is 9.38 Å². The first-order valence-electron chi connectivity index (χ1n) is 3.26. The molecule has 0 bridgehead atoms. The van der Waals surface area contributed by atoms with Crippen molar-refractivity contribution in [3.63, 3.8) is 0 Å². The summed E-state index contributed by atoms with van der Waals surface area (Å²) in [5.41, 5.74) is 5.32. The Morgan fingerprint density at radius 2 is 1.70 bits per heavy atom. The van der Waals surface area contributed by atoms with Crippen molar-refractivity contribution in [2.75, 3.05) is 6.54 Å². The molecule has 0 rings (SSSR count). The smallest absolute Gasteiger partial charge is 1.00 e. The minimum absolute atomic E-state index is 0. The summed E-state index contributed by atoms with van der Waals surface area (Å²) in [6, 6.07) is 0. The summed E-state index contributed by atoms with van der Waals surface area (Å²) in [6.45, 7) is 0.884. The van der Waals surface area contributed by atoms with Gasteiger partial charge in [0.2, 0.25) is 0 Å². The van der Waals surface area contributed by atoms with Crippen molar-refractivity contribution < 1.29 is 24.8 Å². The van der Waals surface area contributed by atoms with E-state index in [0.717, 1.165) is 6.54 Å². The van der Waals surface area contributed by atoms with Crippen LogP contribution in [0, 0.1) is 0 Å². The molecule has 0 aromatic heterocycles. The molecule has 0 aliphatic heterocycles. The maximum Gasteiger partial charge on any atom is -1.00 e. The van der Waals surface area contributed by atoms with Gasteiger partial charge in [0.15, 0.2) is 0 Å². The zero-order valence-electron chi connectivity index (χ0n) is 6.37. The van der Waals surface area contributed by atoms with Crippen molar-refractivity contribution in [2.45, 2.75) is 28.6 Å². The predicted octanol–water partition coefficient (Wildman–Crippen LogP) is -4.71. The van der Waals surface area contributed by atoms with Gasteiger partial charge in [-0.15, -0.1) is 0 Å². The van der Waals surface area contributed by atoms with Crippen molar-refractivity contribution in [1.29, 1.82) is 0 Å². The van der Waals surface area contributed by atoms with Crippen LogP contribution >= 0.6 is 0 Å². The van der Waals surface area contributed by atoms with Gasteiger partial charge in [0, 0.05) is 0 Å². The summed E-state index contributed by atoms with van der Waals surface area (Å²) in [7, 11) is 0. The van der Waals surface area contributed by atoms with Crippen LogP contribution in [0.4, 0.5) is 0 Å². The molecular weight excluding hydrogens is 276 g/mol. The molecule has 0 unspecified atom stereocenters. The Morgan fingerprint density at radius 3 is 2.10 bits per heavy atom. The van der Waals surface area contributed by atoms with Gasteiger partial charge in [-0.25, -0.2) is 0 Å². The molecule has 0 aromatic rings. The van der Waals surface area contributed by atoms with E-state index in [9.17, 15) is 0 Å². The molecule has 2 N–H and O–H groups in total. The second-order valence-corrected chi connectivity index (χ2v) is 5.40. The van der Waals surface area contributed by atoms with Gasteiger partial charge in [-0.2, -0.15) is 0 Å². The average Bonchev–Trinajstić information content (AvgIpc) is 1.81. The van der Waals surface area contributed by atoms with Gasteiger partial charge in [0.25, 0.3) is 0 Å². The molecule has 0 heterocycles. The van der Waals surface area contributed by atoms with E-state index in [4.69, 9.17) is 5.73 Å². The number of rotatable bonds is 5. The van der Waals surface area contributed by atoms with Crippen LogP contribution in [0.15, 0.2) is 0 Å². The van der Waals surface area contributed by atoms with Crippen LogP contribution < -0.4 is 30.5 Å². The maximum atomic E-state index is 5.32. The quantitative estimate of drug-likeness (QED) is 0.400. The van der Waals surface area contributed by atoms with Crippen molar-refractivity contribution >= 4 is 21.1 Å². The number of nitrogens with two attached hydrogens (primary N) is 1. The summed E-state index contributed by atoms with van der Waals surface area (Å²) >= 11 is 0.126. The first-order valence-corrected chi connectivity index (χ1v) is 8.13. The monoisotopic (exact) mass is 291 g/mol. The zero-order chi connectivity index (χ0) is 6.24. The Balaban J connectivity index is -0.000000245. The number of hydrogen-bond acceptors (Lipinski definition) is 1. The van der Waals surface area contributed by atoms with E-state index in [1.54, 1.807) is 4.44 Å².